The molecule has 0 saturated carbocycles. The molecule has 0 spiro atoms. The number of thioether (sulfide) groups is 1. The first kappa shape index (κ1) is 19.4. The number of halogens is 2. The maximum absolute atomic E-state index is 14.7. The predicted molar refractivity (Wildman–Crippen MR) is 106 cm³/mol. The van der Waals surface area contributed by atoms with E-state index in [1.165, 1.54) is 17.8 Å². The number of rotatable bonds is 5. The fourth-order valence-corrected chi connectivity index (χ4v) is 6.06. The molecule has 4 rings (SSSR count). The summed E-state index contributed by atoms with van der Waals surface area (Å²) in [6.07, 6.45) is 1.34. The minimum atomic E-state index is -0.796. The molecule has 0 aromatic heterocycles. The second-order valence-corrected chi connectivity index (χ2v) is 9.06. The Morgan fingerprint density at radius 2 is 1.86 bits per heavy atom. The molecule has 28 heavy (non-hydrogen) atoms. The summed E-state index contributed by atoms with van der Waals surface area (Å²) < 4.78 is 28.6. The van der Waals surface area contributed by atoms with Gasteiger partial charge in [-0.05, 0) is 57.0 Å². The van der Waals surface area contributed by atoms with E-state index in [1.54, 1.807) is 5.01 Å². The molecule has 2 heterocycles. The maximum atomic E-state index is 14.7. The van der Waals surface area contributed by atoms with Gasteiger partial charge in [0.15, 0.2) is 0 Å². The van der Waals surface area contributed by atoms with Crippen molar-refractivity contribution in [1.82, 2.24) is 10.0 Å². The van der Waals surface area contributed by atoms with Crippen molar-refractivity contribution >= 4 is 17.7 Å². The molecular weight excluding hydrogens is 380 g/mol. The molecule has 2 aliphatic rings. The van der Waals surface area contributed by atoms with Crippen molar-refractivity contribution in [2.75, 3.05) is 6.54 Å². The Hall–Kier alpha value is -1.96. The summed E-state index contributed by atoms with van der Waals surface area (Å²) in [5.74, 6) is -0.996. The van der Waals surface area contributed by atoms with Crippen molar-refractivity contribution in [3.63, 3.8) is 0 Å². The van der Waals surface area contributed by atoms with Gasteiger partial charge >= 0.3 is 0 Å². The molecule has 2 aromatic carbocycles. The van der Waals surface area contributed by atoms with E-state index in [4.69, 9.17) is 5.73 Å². The van der Waals surface area contributed by atoms with Crippen LogP contribution in [0.15, 0.2) is 48.5 Å². The van der Waals surface area contributed by atoms with Crippen LogP contribution in [0.3, 0.4) is 0 Å². The van der Waals surface area contributed by atoms with Gasteiger partial charge in [-0.1, -0.05) is 30.3 Å². The number of benzene rings is 2. The summed E-state index contributed by atoms with van der Waals surface area (Å²) in [4.78, 5) is 12.4. The van der Waals surface area contributed by atoms with Crippen molar-refractivity contribution in [1.29, 1.82) is 0 Å². The number of carbonyl (C=O) groups excluding carboxylic acids is 1. The Labute approximate surface area is 167 Å². The topological polar surface area (TPSA) is 49.6 Å². The Kier molecular flexibility index (Phi) is 4.72. The third-order valence-corrected chi connectivity index (χ3v) is 7.22. The molecule has 2 N–H and O–H groups in total. The molecule has 148 valence electrons. The molecule has 2 saturated heterocycles. The SMILES string of the molecule is CC1(C)C(=O)N2N1C(c1cc(F)ccc1F)SC2(CCCN)c1ccccc1. The summed E-state index contributed by atoms with van der Waals surface area (Å²) in [5, 5.41) is 3.11. The van der Waals surface area contributed by atoms with E-state index in [-0.39, 0.29) is 11.5 Å². The quantitative estimate of drug-likeness (QED) is 0.815. The van der Waals surface area contributed by atoms with Crippen LogP contribution in [0.25, 0.3) is 0 Å². The van der Waals surface area contributed by atoms with Crippen LogP contribution in [-0.2, 0) is 9.67 Å². The predicted octanol–water partition coefficient (Wildman–Crippen LogP) is 4.14. The van der Waals surface area contributed by atoms with E-state index < -0.39 is 27.4 Å². The zero-order valence-electron chi connectivity index (χ0n) is 15.9. The van der Waals surface area contributed by atoms with Crippen LogP contribution < -0.4 is 5.73 Å². The van der Waals surface area contributed by atoms with Gasteiger partial charge in [0.2, 0.25) is 0 Å². The first-order chi connectivity index (χ1) is 13.3. The lowest BCUT2D eigenvalue weighted by atomic mass is 9.91. The highest BCUT2D eigenvalue weighted by Crippen LogP contribution is 2.65. The molecule has 7 heteroatoms. The number of hydrazine groups is 1. The molecule has 2 aromatic rings. The van der Waals surface area contributed by atoms with Gasteiger partial charge in [-0.15, -0.1) is 11.8 Å². The summed E-state index contributed by atoms with van der Waals surface area (Å²) in [6, 6.07) is 13.2. The highest BCUT2D eigenvalue weighted by atomic mass is 32.2. The van der Waals surface area contributed by atoms with E-state index in [1.807, 2.05) is 49.2 Å². The van der Waals surface area contributed by atoms with Crippen molar-refractivity contribution in [3.05, 3.63) is 71.3 Å². The minimum Gasteiger partial charge on any atom is -0.330 e. The van der Waals surface area contributed by atoms with Gasteiger partial charge in [0.05, 0.1) is 0 Å². The molecular formula is C21H23F2N3OS. The molecule has 1 amide bonds. The zero-order chi connectivity index (χ0) is 20.1. The molecule has 0 bridgehead atoms. The molecule has 2 unspecified atom stereocenters. The van der Waals surface area contributed by atoms with Gasteiger partial charge in [0.1, 0.15) is 27.4 Å². The van der Waals surface area contributed by atoms with Gasteiger partial charge in [0.25, 0.3) is 5.91 Å². The summed E-state index contributed by atoms with van der Waals surface area (Å²) in [5.41, 5.74) is 6.20. The summed E-state index contributed by atoms with van der Waals surface area (Å²) in [7, 11) is 0. The second-order valence-electron chi connectivity index (χ2n) is 7.70. The van der Waals surface area contributed by atoms with Crippen molar-refractivity contribution in [2.24, 2.45) is 5.73 Å². The van der Waals surface area contributed by atoms with Crippen LogP contribution >= 0.6 is 11.8 Å². The van der Waals surface area contributed by atoms with Gasteiger partial charge in [-0.25, -0.2) is 8.78 Å². The fourth-order valence-electron chi connectivity index (χ4n) is 4.12. The molecule has 2 aliphatic heterocycles. The Balaban J connectivity index is 1.87. The molecule has 0 radical (unpaired) electrons. The lowest BCUT2D eigenvalue weighted by molar-refractivity contribution is -0.228. The van der Waals surface area contributed by atoms with Crippen molar-refractivity contribution in [3.8, 4) is 0 Å². The fraction of sp³-hybridized carbons (Fsp3) is 0.381. The Bertz CT molecular complexity index is 908. The van der Waals surface area contributed by atoms with Crippen LogP contribution in [0.2, 0.25) is 0 Å². The van der Waals surface area contributed by atoms with Crippen molar-refractivity contribution < 1.29 is 13.6 Å². The highest BCUT2D eigenvalue weighted by molar-refractivity contribution is 8.00. The van der Waals surface area contributed by atoms with Crippen molar-refractivity contribution in [2.45, 2.75) is 42.5 Å². The molecule has 2 atom stereocenters. The zero-order valence-corrected chi connectivity index (χ0v) is 16.7. The van der Waals surface area contributed by atoms with Crippen LogP contribution in [0.5, 0.6) is 0 Å². The largest absolute Gasteiger partial charge is 0.330 e. The number of hydrogen-bond acceptors (Lipinski definition) is 4. The van der Waals surface area contributed by atoms with E-state index >= 15 is 0 Å². The number of fused-ring (bicyclic) bond motifs is 1. The van der Waals surface area contributed by atoms with Crippen LogP contribution in [0.4, 0.5) is 8.78 Å². The van der Waals surface area contributed by atoms with Crippen LogP contribution in [0.1, 0.15) is 43.2 Å². The Morgan fingerprint density at radius 3 is 2.54 bits per heavy atom. The van der Waals surface area contributed by atoms with E-state index in [0.29, 0.717) is 19.4 Å². The third kappa shape index (κ3) is 2.68. The van der Waals surface area contributed by atoms with E-state index in [9.17, 15) is 13.6 Å². The molecule has 4 nitrogen and oxygen atoms in total. The number of nitrogens with zero attached hydrogens (tertiary/aromatic N) is 2. The van der Waals surface area contributed by atoms with Gasteiger partial charge < -0.3 is 5.73 Å². The van der Waals surface area contributed by atoms with Gasteiger partial charge in [-0.3, -0.25) is 9.80 Å². The number of nitrogens with two attached hydrogens (primary N) is 1. The average Bonchev–Trinajstić information content (AvgIpc) is 3.03. The van der Waals surface area contributed by atoms with E-state index in [2.05, 4.69) is 0 Å². The molecule has 2 fully saturated rings. The molecule has 0 aliphatic carbocycles. The number of hydrogen-bond donors (Lipinski definition) is 1. The highest BCUT2D eigenvalue weighted by Gasteiger charge is 2.68. The van der Waals surface area contributed by atoms with Gasteiger partial charge in [-0.2, -0.15) is 5.01 Å². The Morgan fingerprint density at radius 1 is 1.14 bits per heavy atom. The lowest BCUT2D eigenvalue weighted by Crippen LogP contribution is -2.75. The van der Waals surface area contributed by atoms with E-state index in [0.717, 1.165) is 17.7 Å². The number of amides is 1. The second kappa shape index (κ2) is 6.83. The first-order valence-electron chi connectivity index (χ1n) is 9.35. The number of carbonyl (C=O) groups is 1. The first-order valence-corrected chi connectivity index (χ1v) is 10.2. The average molecular weight is 403 g/mol. The summed E-state index contributed by atoms with van der Waals surface area (Å²) in [6.45, 7) is 4.13. The van der Waals surface area contributed by atoms with Crippen LogP contribution in [-0.4, -0.2) is 28.0 Å². The van der Waals surface area contributed by atoms with Crippen LogP contribution in [0, 0.1) is 11.6 Å². The standard InChI is InChI=1S/C21H23F2N3OS/c1-20(2)19(27)26-21(11-6-12-24,14-7-4-3-5-8-14)28-18(25(20)26)16-13-15(22)9-10-17(16)23/h3-5,7-10,13,18H,6,11-12,24H2,1-2H3. The minimum absolute atomic E-state index is 0.0276. The lowest BCUT2D eigenvalue weighted by Gasteiger charge is -2.57. The summed E-state index contributed by atoms with van der Waals surface area (Å²) >= 11 is 1.48. The third-order valence-electron chi connectivity index (χ3n) is 5.54. The smallest absolute Gasteiger partial charge is 0.260 e. The maximum Gasteiger partial charge on any atom is 0.260 e. The normalized spacial score (nSPS) is 26.2. The van der Waals surface area contributed by atoms with Gasteiger partial charge in [0, 0.05) is 5.56 Å². The monoisotopic (exact) mass is 403 g/mol.